The van der Waals surface area contributed by atoms with Gasteiger partial charge in [0.25, 0.3) is 0 Å². The minimum Gasteiger partial charge on any atom is -0.437 e. The van der Waals surface area contributed by atoms with E-state index in [1.165, 1.54) is 12.1 Å². The van der Waals surface area contributed by atoms with Gasteiger partial charge >= 0.3 is 6.09 Å². The van der Waals surface area contributed by atoms with Crippen molar-refractivity contribution in [3.05, 3.63) is 95.8 Å². The van der Waals surface area contributed by atoms with Crippen LogP contribution in [0.5, 0.6) is 0 Å². The van der Waals surface area contributed by atoms with Crippen molar-refractivity contribution in [2.24, 2.45) is 0 Å². The molecule has 1 fully saturated rings. The summed E-state index contributed by atoms with van der Waals surface area (Å²) in [6, 6.07) is 23.2. The number of cyclic esters (lactones) is 1. The summed E-state index contributed by atoms with van der Waals surface area (Å²) in [4.78, 5) is 14.5. The van der Waals surface area contributed by atoms with Crippen LogP contribution in [0.15, 0.2) is 78.9 Å². The van der Waals surface area contributed by atoms with Gasteiger partial charge < -0.3 is 4.74 Å². The Labute approximate surface area is 166 Å². The van der Waals surface area contributed by atoms with Crippen molar-refractivity contribution < 1.29 is 13.9 Å². The van der Waals surface area contributed by atoms with Crippen molar-refractivity contribution >= 4 is 17.1 Å². The number of nitrogens with zero attached hydrogens (tertiary/aromatic N) is 4. The monoisotopic (exact) mass is 388 g/mol. The second-order valence-electron chi connectivity index (χ2n) is 6.91. The molecule has 0 spiro atoms. The lowest BCUT2D eigenvalue weighted by Gasteiger charge is -2.25. The summed E-state index contributed by atoms with van der Waals surface area (Å²) in [5.41, 5.74) is 3.18. The molecule has 4 aromatic rings. The highest BCUT2D eigenvalue weighted by Crippen LogP contribution is 2.41. The molecule has 0 bridgehead atoms. The molecule has 5 rings (SSSR count). The lowest BCUT2D eigenvalue weighted by Crippen LogP contribution is -2.32. The fourth-order valence-corrected chi connectivity index (χ4v) is 3.68. The fraction of sp³-hybridized carbons (Fsp3) is 0.136. The predicted molar refractivity (Wildman–Crippen MR) is 104 cm³/mol. The maximum absolute atomic E-state index is 13.4. The number of para-hydroxylation sites is 1. The summed E-state index contributed by atoms with van der Waals surface area (Å²) < 4.78 is 20.9. The third kappa shape index (κ3) is 3.10. The highest BCUT2D eigenvalue weighted by atomic mass is 19.1. The average Bonchev–Trinajstić information content (AvgIpc) is 3.31. The van der Waals surface area contributed by atoms with E-state index in [-0.39, 0.29) is 5.82 Å². The van der Waals surface area contributed by atoms with Crippen molar-refractivity contribution in [2.45, 2.75) is 18.8 Å². The van der Waals surface area contributed by atoms with E-state index in [4.69, 9.17) is 4.74 Å². The maximum atomic E-state index is 13.4. The van der Waals surface area contributed by atoms with Gasteiger partial charge in [-0.3, -0.25) is 4.90 Å². The van der Waals surface area contributed by atoms with Gasteiger partial charge in [-0.15, -0.1) is 5.10 Å². The van der Waals surface area contributed by atoms with Crippen LogP contribution in [0.2, 0.25) is 0 Å². The van der Waals surface area contributed by atoms with Crippen LogP contribution in [0, 0.1) is 5.82 Å². The largest absolute Gasteiger partial charge is 0.437 e. The molecule has 1 saturated heterocycles. The van der Waals surface area contributed by atoms with Crippen LogP contribution in [0.25, 0.3) is 11.0 Å². The molecule has 0 unspecified atom stereocenters. The van der Waals surface area contributed by atoms with Crippen LogP contribution in [-0.4, -0.2) is 26.0 Å². The van der Waals surface area contributed by atoms with E-state index in [0.717, 1.165) is 16.6 Å². The van der Waals surface area contributed by atoms with Crippen LogP contribution in [-0.2, 0) is 11.3 Å². The number of rotatable bonds is 4. The average molecular weight is 388 g/mol. The molecule has 0 radical (unpaired) electrons. The molecule has 1 aliphatic heterocycles. The lowest BCUT2D eigenvalue weighted by molar-refractivity contribution is 0.119. The molecule has 1 aromatic heterocycles. The van der Waals surface area contributed by atoms with Gasteiger partial charge in [0.2, 0.25) is 0 Å². The predicted octanol–water partition coefficient (Wildman–Crippen LogP) is 4.46. The van der Waals surface area contributed by atoms with E-state index in [0.29, 0.717) is 12.1 Å². The first kappa shape index (κ1) is 17.4. The molecule has 2 heterocycles. The molecule has 2 atom stereocenters. The summed E-state index contributed by atoms with van der Waals surface area (Å²) in [6.45, 7) is 0.357. The van der Waals surface area contributed by atoms with Gasteiger partial charge in [0.05, 0.1) is 12.1 Å². The van der Waals surface area contributed by atoms with E-state index in [1.807, 2.05) is 54.6 Å². The van der Waals surface area contributed by atoms with Gasteiger partial charge in [-0.05, 0) is 35.4 Å². The van der Waals surface area contributed by atoms with E-state index >= 15 is 0 Å². The Balaban J connectivity index is 1.61. The first-order valence-electron chi connectivity index (χ1n) is 9.27. The van der Waals surface area contributed by atoms with Crippen LogP contribution in [0.1, 0.15) is 23.4 Å². The van der Waals surface area contributed by atoms with E-state index < -0.39 is 18.4 Å². The van der Waals surface area contributed by atoms with Gasteiger partial charge in [0, 0.05) is 0 Å². The normalized spacial score (nSPS) is 18.9. The summed E-state index contributed by atoms with van der Waals surface area (Å²) in [6.07, 6.45) is -1.65. The molecule has 6 nitrogen and oxygen atoms in total. The summed E-state index contributed by atoms with van der Waals surface area (Å²) >= 11 is 0. The zero-order valence-electron chi connectivity index (χ0n) is 15.4. The molecular formula is C22H17FN4O2. The Kier molecular flexibility index (Phi) is 4.20. The molecule has 144 valence electrons. The quantitative estimate of drug-likeness (QED) is 0.518. The Morgan fingerprint density at radius 1 is 0.931 bits per heavy atom. The fourth-order valence-electron chi connectivity index (χ4n) is 3.68. The topological polar surface area (TPSA) is 60.3 Å². The number of benzene rings is 3. The molecule has 1 amide bonds. The number of amides is 1. The highest BCUT2D eigenvalue weighted by Gasteiger charge is 2.45. The zero-order valence-corrected chi connectivity index (χ0v) is 15.4. The number of halogens is 1. The molecule has 3 aromatic carbocycles. The van der Waals surface area contributed by atoms with Gasteiger partial charge in [-0.2, -0.15) is 0 Å². The van der Waals surface area contributed by atoms with Gasteiger partial charge in [0.1, 0.15) is 11.3 Å². The van der Waals surface area contributed by atoms with Crippen LogP contribution in [0.4, 0.5) is 9.18 Å². The minimum atomic E-state index is -0.642. The van der Waals surface area contributed by atoms with Gasteiger partial charge in [-0.25, -0.2) is 13.9 Å². The molecule has 7 heteroatoms. The summed E-state index contributed by atoms with van der Waals surface area (Å²) in [5.74, 6) is -0.345. The number of fused-ring (bicyclic) bond motifs is 1. The van der Waals surface area contributed by atoms with Crippen molar-refractivity contribution in [3.8, 4) is 0 Å². The lowest BCUT2D eigenvalue weighted by atomic mass is 10.1. The first-order valence-corrected chi connectivity index (χ1v) is 9.27. The van der Waals surface area contributed by atoms with Gasteiger partial charge in [-0.1, -0.05) is 59.8 Å². The Morgan fingerprint density at radius 3 is 2.45 bits per heavy atom. The van der Waals surface area contributed by atoms with E-state index in [1.54, 1.807) is 21.7 Å². The Morgan fingerprint density at radius 2 is 1.66 bits per heavy atom. The molecule has 0 saturated carbocycles. The Hall–Kier alpha value is -3.74. The third-order valence-electron chi connectivity index (χ3n) is 5.07. The molecular weight excluding hydrogens is 371 g/mol. The van der Waals surface area contributed by atoms with Crippen LogP contribution in [0.3, 0.4) is 0 Å². The second kappa shape index (κ2) is 7.01. The number of carbonyl (C=O) groups excluding carboxylic acids is 1. The van der Waals surface area contributed by atoms with Gasteiger partial charge in [0.15, 0.2) is 12.3 Å². The van der Waals surface area contributed by atoms with Crippen molar-refractivity contribution in [2.75, 3.05) is 0 Å². The SMILES string of the molecule is O=C1O[C@@H](c2ccc(F)cc2)[C@H](n2nnc3ccccc32)N1Cc1ccccc1. The minimum absolute atomic E-state index is 0.345. The first-order chi connectivity index (χ1) is 14.2. The number of carbonyl (C=O) groups is 1. The summed E-state index contributed by atoms with van der Waals surface area (Å²) in [5, 5.41) is 8.55. The van der Waals surface area contributed by atoms with Crippen molar-refractivity contribution in [1.29, 1.82) is 0 Å². The maximum Gasteiger partial charge on any atom is 0.412 e. The van der Waals surface area contributed by atoms with Crippen molar-refractivity contribution in [1.82, 2.24) is 19.9 Å². The standard InChI is InChI=1S/C22H17FN4O2/c23-17-12-10-16(11-13-17)20-21(27-19-9-5-4-8-18(19)24-25-27)26(22(28)29-20)14-15-6-2-1-3-7-15/h1-13,20-21H,14H2/t20-,21-/m0/s1. The smallest absolute Gasteiger partial charge is 0.412 e. The van der Waals surface area contributed by atoms with Crippen LogP contribution < -0.4 is 0 Å². The number of hydrogen-bond acceptors (Lipinski definition) is 4. The molecule has 0 N–H and O–H groups in total. The van der Waals surface area contributed by atoms with E-state index in [2.05, 4.69) is 10.3 Å². The summed E-state index contributed by atoms with van der Waals surface area (Å²) in [7, 11) is 0. The van der Waals surface area contributed by atoms with Crippen molar-refractivity contribution in [3.63, 3.8) is 0 Å². The van der Waals surface area contributed by atoms with Crippen LogP contribution >= 0.6 is 0 Å². The van der Waals surface area contributed by atoms with E-state index in [9.17, 15) is 9.18 Å². The highest BCUT2D eigenvalue weighted by molar-refractivity contribution is 5.75. The zero-order chi connectivity index (χ0) is 19.8. The molecule has 0 aliphatic carbocycles. The molecule has 1 aliphatic rings. The number of hydrogen-bond donors (Lipinski definition) is 0. The second-order valence-corrected chi connectivity index (χ2v) is 6.91. The Bertz CT molecular complexity index is 1160. The number of ether oxygens (including phenoxy) is 1. The third-order valence-corrected chi connectivity index (χ3v) is 5.07. The molecule has 29 heavy (non-hydrogen) atoms. The number of aromatic nitrogens is 3.